The summed E-state index contributed by atoms with van der Waals surface area (Å²) in [6.07, 6.45) is 5.13. The molecule has 0 amide bonds. The minimum atomic E-state index is -0.824. The number of allylic oxidation sites excluding steroid dienone is 1. The van der Waals surface area contributed by atoms with Crippen molar-refractivity contribution in [1.82, 2.24) is 4.90 Å². The average molecular weight is 629 g/mol. The van der Waals surface area contributed by atoms with E-state index in [9.17, 15) is 14.3 Å². The molecule has 4 aromatic rings. The third-order valence-electron chi connectivity index (χ3n) is 7.25. The van der Waals surface area contributed by atoms with Crippen molar-refractivity contribution >= 4 is 29.4 Å². The van der Waals surface area contributed by atoms with Gasteiger partial charge < -0.3 is 19.6 Å². The predicted octanol–water partition coefficient (Wildman–Crippen LogP) is 8.24. The van der Waals surface area contributed by atoms with E-state index in [0.29, 0.717) is 54.5 Å². The largest absolute Gasteiger partial charge is 0.494 e. The molecule has 0 spiro atoms. The Balaban J connectivity index is 1.28. The van der Waals surface area contributed by atoms with Crippen LogP contribution < -0.4 is 4.74 Å². The van der Waals surface area contributed by atoms with Crippen molar-refractivity contribution < 1.29 is 23.9 Å². The number of hydrogen-bond donors (Lipinski definition) is 1. The lowest BCUT2D eigenvalue weighted by molar-refractivity contribution is -0.142. The van der Waals surface area contributed by atoms with Gasteiger partial charge in [-0.25, -0.2) is 4.39 Å². The van der Waals surface area contributed by atoms with E-state index in [1.54, 1.807) is 24.3 Å². The molecule has 8 heteroatoms. The SMILES string of the molecule is CN(C)CCO/N=C(/C=C/c1ccc(OCCC(CCc2ccc(-c3ccc(Cl)cc3)cc2)C(=O)O)cc1)c1ccccc1F. The first-order chi connectivity index (χ1) is 21.8. The number of oxime groups is 1. The lowest BCUT2D eigenvalue weighted by atomic mass is 9.95. The number of benzene rings is 4. The molecule has 1 N–H and O–H groups in total. The van der Waals surface area contributed by atoms with Crippen LogP contribution in [0, 0.1) is 11.7 Å². The van der Waals surface area contributed by atoms with Crippen molar-refractivity contribution in [3.05, 3.63) is 131 Å². The van der Waals surface area contributed by atoms with Gasteiger partial charge in [-0.1, -0.05) is 83.5 Å². The van der Waals surface area contributed by atoms with Crippen LogP contribution in [0.4, 0.5) is 4.39 Å². The topological polar surface area (TPSA) is 71.4 Å². The fourth-order valence-corrected chi connectivity index (χ4v) is 4.71. The van der Waals surface area contributed by atoms with Crippen LogP contribution >= 0.6 is 11.6 Å². The Labute approximate surface area is 269 Å². The van der Waals surface area contributed by atoms with Crippen LogP contribution in [0.3, 0.4) is 0 Å². The Bertz CT molecular complexity index is 1570. The summed E-state index contributed by atoms with van der Waals surface area (Å²) in [6, 6.07) is 29.7. The smallest absolute Gasteiger partial charge is 0.306 e. The Morgan fingerprint density at radius 2 is 1.58 bits per heavy atom. The lowest BCUT2D eigenvalue weighted by Crippen LogP contribution is -2.17. The maximum atomic E-state index is 14.5. The third-order valence-corrected chi connectivity index (χ3v) is 7.51. The summed E-state index contributed by atoms with van der Waals surface area (Å²) in [5, 5.41) is 14.6. The van der Waals surface area contributed by atoms with Crippen molar-refractivity contribution in [3.8, 4) is 16.9 Å². The zero-order valence-corrected chi connectivity index (χ0v) is 26.3. The van der Waals surface area contributed by atoms with E-state index in [1.165, 1.54) is 6.07 Å². The number of aliphatic carboxylic acids is 1. The van der Waals surface area contributed by atoms with E-state index in [0.717, 1.165) is 22.3 Å². The molecule has 45 heavy (non-hydrogen) atoms. The van der Waals surface area contributed by atoms with Gasteiger partial charge in [-0.05, 0) is 98.1 Å². The van der Waals surface area contributed by atoms with Gasteiger partial charge in [-0.3, -0.25) is 4.79 Å². The summed E-state index contributed by atoms with van der Waals surface area (Å²) in [5.74, 6) is -1.08. The summed E-state index contributed by atoms with van der Waals surface area (Å²) in [5.41, 5.74) is 4.85. The molecule has 0 heterocycles. The number of carboxylic acids is 1. The first kappa shape index (κ1) is 33.4. The molecule has 1 atom stereocenters. The second kappa shape index (κ2) is 17.1. The number of hydrogen-bond acceptors (Lipinski definition) is 5. The Morgan fingerprint density at radius 1 is 0.911 bits per heavy atom. The van der Waals surface area contributed by atoms with Crippen LogP contribution in [-0.4, -0.2) is 55.5 Å². The lowest BCUT2D eigenvalue weighted by Gasteiger charge is -2.13. The quantitative estimate of drug-likeness (QED) is 0.0769. The summed E-state index contributed by atoms with van der Waals surface area (Å²) < 4.78 is 20.3. The molecular weight excluding hydrogens is 591 g/mol. The number of carboxylic acid groups (broad SMARTS) is 1. The fraction of sp³-hybridized carbons (Fsp3) is 0.243. The molecule has 0 fully saturated rings. The molecular formula is C37H38ClFN2O4. The van der Waals surface area contributed by atoms with E-state index < -0.39 is 11.9 Å². The molecule has 0 saturated carbocycles. The minimum absolute atomic E-state index is 0.288. The number of rotatable bonds is 16. The zero-order chi connectivity index (χ0) is 32.0. The van der Waals surface area contributed by atoms with Crippen LogP contribution in [0.25, 0.3) is 17.2 Å². The molecule has 0 saturated heterocycles. The van der Waals surface area contributed by atoms with Gasteiger partial charge in [-0.2, -0.15) is 0 Å². The van der Waals surface area contributed by atoms with Crippen LogP contribution in [-0.2, 0) is 16.1 Å². The summed E-state index contributed by atoms with van der Waals surface area (Å²) in [4.78, 5) is 19.3. The van der Waals surface area contributed by atoms with Gasteiger partial charge in [0.25, 0.3) is 0 Å². The molecule has 1 unspecified atom stereocenters. The molecule has 6 nitrogen and oxygen atoms in total. The summed E-state index contributed by atoms with van der Waals surface area (Å²) >= 11 is 5.99. The monoisotopic (exact) mass is 628 g/mol. The average Bonchev–Trinajstić information content (AvgIpc) is 3.04. The second-order valence-corrected chi connectivity index (χ2v) is 11.3. The van der Waals surface area contributed by atoms with Crippen molar-refractivity contribution in [1.29, 1.82) is 0 Å². The van der Waals surface area contributed by atoms with E-state index in [-0.39, 0.29) is 12.4 Å². The van der Waals surface area contributed by atoms with Gasteiger partial charge in [0.1, 0.15) is 23.9 Å². The molecule has 0 aromatic heterocycles. The molecule has 0 aliphatic rings. The first-order valence-corrected chi connectivity index (χ1v) is 15.2. The van der Waals surface area contributed by atoms with Gasteiger partial charge in [0.15, 0.2) is 0 Å². The molecule has 0 bridgehead atoms. The molecule has 0 radical (unpaired) electrons. The molecule has 4 rings (SSSR count). The summed E-state index contributed by atoms with van der Waals surface area (Å²) in [6.45, 7) is 1.36. The van der Waals surface area contributed by atoms with E-state index >= 15 is 0 Å². The van der Waals surface area contributed by atoms with Crippen LogP contribution in [0.15, 0.2) is 108 Å². The van der Waals surface area contributed by atoms with Crippen molar-refractivity contribution in [2.24, 2.45) is 11.1 Å². The van der Waals surface area contributed by atoms with Crippen molar-refractivity contribution in [3.63, 3.8) is 0 Å². The van der Waals surface area contributed by atoms with Crippen molar-refractivity contribution in [2.45, 2.75) is 19.3 Å². The van der Waals surface area contributed by atoms with Gasteiger partial charge >= 0.3 is 5.97 Å². The maximum Gasteiger partial charge on any atom is 0.306 e. The molecule has 0 aliphatic heterocycles. The standard InChI is InChI=1S/C37H38ClFN2O4/c1-41(2)24-26-45-40-36(34-5-3-4-6-35(34)39)22-12-28-10-20-33(21-11-28)44-25-23-31(37(42)43)15-9-27-7-13-29(14-8-27)30-16-18-32(38)19-17-30/h3-8,10-14,16-22,31H,9,15,23-26H2,1-2H3,(H,42,43)/b22-12+,40-36-. The Kier molecular flexibility index (Phi) is 12.7. The Hall–Kier alpha value is -4.46. The first-order valence-electron chi connectivity index (χ1n) is 14.9. The Morgan fingerprint density at radius 3 is 2.22 bits per heavy atom. The molecule has 4 aromatic carbocycles. The highest BCUT2D eigenvalue weighted by Crippen LogP contribution is 2.23. The molecule has 234 valence electrons. The van der Waals surface area contributed by atoms with Crippen molar-refractivity contribution in [2.75, 3.05) is 33.9 Å². The number of carbonyl (C=O) groups is 1. The number of aryl methyl sites for hydroxylation is 1. The van der Waals surface area contributed by atoms with Crippen LogP contribution in [0.5, 0.6) is 5.75 Å². The van der Waals surface area contributed by atoms with E-state index in [2.05, 4.69) is 5.16 Å². The van der Waals surface area contributed by atoms with Crippen LogP contribution in [0.2, 0.25) is 5.02 Å². The number of likely N-dealkylation sites (N-methyl/N-ethyl adjacent to an activating group) is 1. The highest BCUT2D eigenvalue weighted by Gasteiger charge is 2.17. The normalized spacial score (nSPS) is 12.4. The number of nitrogens with zero attached hydrogens (tertiary/aromatic N) is 2. The van der Waals surface area contributed by atoms with E-state index in [1.807, 2.05) is 97.9 Å². The van der Waals surface area contributed by atoms with Gasteiger partial charge in [0.05, 0.1) is 12.5 Å². The minimum Gasteiger partial charge on any atom is -0.494 e. The molecule has 0 aliphatic carbocycles. The highest BCUT2D eigenvalue weighted by molar-refractivity contribution is 6.30. The van der Waals surface area contributed by atoms with E-state index in [4.69, 9.17) is 21.2 Å². The van der Waals surface area contributed by atoms with Gasteiger partial charge in [-0.15, -0.1) is 0 Å². The third kappa shape index (κ3) is 10.9. The zero-order valence-electron chi connectivity index (χ0n) is 25.5. The maximum absolute atomic E-state index is 14.5. The number of halogens is 2. The van der Waals surface area contributed by atoms with Gasteiger partial charge in [0.2, 0.25) is 0 Å². The van der Waals surface area contributed by atoms with Gasteiger partial charge in [0, 0.05) is 17.1 Å². The van der Waals surface area contributed by atoms with Crippen LogP contribution in [0.1, 0.15) is 29.5 Å². The predicted molar refractivity (Wildman–Crippen MR) is 179 cm³/mol. The second-order valence-electron chi connectivity index (χ2n) is 10.9. The fourth-order valence-electron chi connectivity index (χ4n) is 4.58. The highest BCUT2D eigenvalue weighted by atomic mass is 35.5. The number of ether oxygens (including phenoxy) is 1. The summed E-state index contributed by atoms with van der Waals surface area (Å²) in [7, 11) is 3.88.